The van der Waals surface area contributed by atoms with Crippen LogP contribution in [-0.4, -0.2) is 19.6 Å². The van der Waals surface area contributed by atoms with Gasteiger partial charge in [-0.05, 0) is 41.6 Å². The van der Waals surface area contributed by atoms with E-state index in [-0.39, 0.29) is 5.91 Å². The van der Waals surface area contributed by atoms with Crippen molar-refractivity contribution < 1.29 is 14.4 Å². The number of benzene rings is 1. The van der Waals surface area contributed by atoms with Crippen LogP contribution in [0.4, 0.5) is 0 Å². The summed E-state index contributed by atoms with van der Waals surface area (Å²) in [4.78, 5) is 16.5. The largest absolute Gasteiger partial charge is 0.496 e. The second-order valence-electron chi connectivity index (χ2n) is 2.83. The molecule has 1 aromatic rings. The molecule has 88 valence electrons. The van der Waals surface area contributed by atoms with Crippen molar-refractivity contribution in [3.05, 3.63) is 26.3 Å². The lowest BCUT2D eigenvalue weighted by molar-refractivity contribution is 0.0362. The van der Waals surface area contributed by atoms with Gasteiger partial charge in [-0.2, -0.15) is 0 Å². The summed E-state index contributed by atoms with van der Waals surface area (Å²) in [6, 6.07) is 3.25. The minimum atomic E-state index is -0.378. The highest BCUT2D eigenvalue weighted by Crippen LogP contribution is 2.28. The summed E-state index contributed by atoms with van der Waals surface area (Å²) >= 11 is 8.00. The third-order valence-electron chi connectivity index (χ3n) is 1.80. The molecule has 6 heteroatoms. The Labute approximate surface area is 112 Å². The number of hydrogen-bond acceptors (Lipinski definition) is 3. The molecule has 4 nitrogen and oxygen atoms in total. The van der Waals surface area contributed by atoms with Gasteiger partial charge in [0.15, 0.2) is 0 Å². The average Bonchev–Trinajstić information content (AvgIpc) is 2.28. The summed E-state index contributed by atoms with van der Waals surface area (Å²) in [5, 5.41) is 0.503. The van der Waals surface area contributed by atoms with Crippen LogP contribution in [0.3, 0.4) is 0 Å². The van der Waals surface area contributed by atoms with Crippen LogP contribution in [0.1, 0.15) is 17.3 Å². The summed E-state index contributed by atoms with van der Waals surface area (Å²) in [5.74, 6) is 0.0861. The zero-order valence-electron chi connectivity index (χ0n) is 8.84. The molecule has 1 amide bonds. The third kappa shape index (κ3) is 3.23. The highest BCUT2D eigenvalue weighted by Gasteiger charge is 2.14. The van der Waals surface area contributed by atoms with Crippen molar-refractivity contribution in [3.8, 4) is 5.75 Å². The molecule has 1 N–H and O–H groups in total. The van der Waals surface area contributed by atoms with E-state index in [0.29, 0.717) is 22.9 Å². The first kappa shape index (κ1) is 13.5. The Balaban J connectivity index is 3.02. The Morgan fingerprint density at radius 1 is 1.56 bits per heavy atom. The van der Waals surface area contributed by atoms with Crippen LogP contribution in [0.25, 0.3) is 0 Å². The first-order chi connectivity index (χ1) is 7.60. The minimum Gasteiger partial charge on any atom is -0.496 e. The predicted octanol–water partition coefficient (Wildman–Crippen LogP) is 2.63. The molecule has 0 unspecified atom stereocenters. The zero-order valence-corrected chi connectivity index (χ0v) is 11.8. The number of halogens is 2. The number of carbonyl (C=O) groups excluding carboxylic acids is 1. The predicted molar refractivity (Wildman–Crippen MR) is 69.8 cm³/mol. The molecule has 0 atom stereocenters. The van der Waals surface area contributed by atoms with Crippen LogP contribution in [0.15, 0.2) is 12.1 Å². The molecule has 0 aliphatic rings. The molecule has 0 aliphatic heterocycles. The monoisotopic (exact) mass is 355 g/mol. The third-order valence-corrected chi connectivity index (χ3v) is 3.32. The number of amides is 1. The first-order valence-corrected chi connectivity index (χ1v) is 6.01. The van der Waals surface area contributed by atoms with Crippen LogP contribution in [0, 0.1) is 3.57 Å². The van der Waals surface area contributed by atoms with Gasteiger partial charge in [0.05, 0.1) is 24.3 Å². The summed E-state index contributed by atoms with van der Waals surface area (Å²) < 4.78 is 5.93. The Hall–Kier alpha value is -0.530. The minimum absolute atomic E-state index is 0.348. The van der Waals surface area contributed by atoms with Crippen LogP contribution in [0.5, 0.6) is 5.75 Å². The van der Waals surface area contributed by atoms with Crippen molar-refractivity contribution in [2.24, 2.45) is 0 Å². The smallest absolute Gasteiger partial charge is 0.278 e. The number of rotatable bonds is 4. The molecule has 1 rings (SSSR count). The van der Waals surface area contributed by atoms with Crippen molar-refractivity contribution >= 4 is 40.1 Å². The molecule has 0 saturated heterocycles. The van der Waals surface area contributed by atoms with Crippen molar-refractivity contribution in [1.82, 2.24) is 5.48 Å². The van der Waals surface area contributed by atoms with E-state index in [2.05, 4.69) is 28.1 Å². The Morgan fingerprint density at radius 2 is 2.25 bits per heavy atom. The second-order valence-corrected chi connectivity index (χ2v) is 4.40. The Morgan fingerprint density at radius 3 is 2.81 bits per heavy atom. The average molecular weight is 356 g/mol. The fourth-order valence-electron chi connectivity index (χ4n) is 1.07. The van der Waals surface area contributed by atoms with E-state index in [4.69, 9.17) is 21.2 Å². The van der Waals surface area contributed by atoms with Gasteiger partial charge < -0.3 is 4.74 Å². The van der Waals surface area contributed by atoms with Crippen LogP contribution >= 0.6 is 34.2 Å². The van der Waals surface area contributed by atoms with Gasteiger partial charge in [-0.25, -0.2) is 5.48 Å². The lowest BCUT2D eigenvalue weighted by Gasteiger charge is -2.10. The van der Waals surface area contributed by atoms with Crippen molar-refractivity contribution in [3.63, 3.8) is 0 Å². The number of hydroxylamine groups is 1. The summed E-state index contributed by atoms with van der Waals surface area (Å²) in [5.41, 5.74) is 2.64. The molecule has 0 aliphatic carbocycles. The quantitative estimate of drug-likeness (QED) is 0.667. The first-order valence-electron chi connectivity index (χ1n) is 4.55. The lowest BCUT2D eigenvalue weighted by Crippen LogP contribution is -2.24. The van der Waals surface area contributed by atoms with E-state index in [1.165, 1.54) is 7.11 Å². The standard InChI is InChI=1S/C10H11ClINO3/c1-3-16-13-10(14)6-4-7(11)8(12)5-9(6)15-2/h4-5H,3H2,1-2H3,(H,13,14). The Kier molecular flexibility index (Phi) is 5.30. The number of carbonyl (C=O) groups is 1. The number of ether oxygens (including phenoxy) is 1. The maximum atomic E-state index is 11.7. The van der Waals surface area contributed by atoms with E-state index in [1.807, 2.05) is 0 Å². The molecular formula is C10H11ClINO3. The molecule has 16 heavy (non-hydrogen) atoms. The maximum Gasteiger partial charge on any atom is 0.278 e. The normalized spacial score (nSPS) is 10.0. The van der Waals surface area contributed by atoms with Crippen molar-refractivity contribution in [1.29, 1.82) is 0 Å². The number of methoxy groups -OCH3 is 1. The van der Waals surface area contributed by atoms with E-state index in [9.17, 15) is 4.79 Å². The molecule has 0 radical (unpaired) electrons. The molecule has 0 heterocycles. The lowest BCUT2D eigenvalue weighted by atomic mass is 10.2. The van der Waals surface area contributed by atoms with Crippen LogP contribution in [-0.2, 0) is 4.84 Å². The molecule has 0 bridgehead atoms. The SMILES string of the molecule is CCONC(=O)c1cc(Cl)c(I)cc1OC. The molecule has 0 saturated carbocycles. The Bertz CT molecular complexity index is 398. The van der Waals surface area contributed by atoms with Gasteiger partial charge in [-0.1, -0.05) is 11.6 Å². The molecule has 1 aromatic carbocycles. The number of hydrogen-bond donors (Lipinski definition) is 1. The van der Waals surface area contributed by atoms with Gasteiger partial charge in [0, 0.05) is 3.57 Å². The summed E-state index contributed by atoms with van der Waals surface area (Å²) in [7, 11) is 1.50. The van der Waals surface area contributed by atoms with Gasteiger partial charge >= 0.3 is 0 Å². The highest BCUT2D eigenvalue weighted by atomic mass is 127. The van der Waals surface area contributed by atoms with Gasteiger partial charge in [0.25, 0.3) is 5.91 Å². The molecule has 0 aromatic heterocycles. The second kappa shape index (κ2) is 6.27. The molecular weight excluding hydrogens is 344 g/mol. The van der Waals surface area contributed by atoms with Gasteiger partial charge in [-0.3, -0.25) is 9.63 Å². The summed E-state index contributed by atoms with van der Waals surface area (Å²) in [6.45, 7) is 2.17. The number of nitrogens with one attached hydrogen (secondary N) is 1. The van der Waals surface area contributed by atoms with Gasteiger partial charge in [0.2, 0.25) is 0 Å². The van der Waals surface area contributed by atoms with Gasteiger partial charge in [-0.15, -0.1) is 0 Å². The van der Waals surface area contributed by atoms with Crippen LogP contribution < -0.4 is 10.2 Å². The van der Waals surface area contributed by atoms with E-state index in [0.717, 1.165) is 3.57 Å². The topological polar surface area (TPSA) is 47.6 Å². The highest BCUT2D eigenvalue weighted by molar-refractivity contribution is 14.1. The fraction of sp³-hybridized carbons (Fsp3) is 0.300. The zero-order chi connectivity index (χ0) is 12.1. The summed E-state index contributed by atoms with van der Waals surface area (Å²) in [6.07, 6.45) is 0. The van der Waals surface area contributed by atoms with E-state index in [1.54, 1.807) is 19.1 Å². The van der Waals surface area contributed by atoms with Gasteiger partial charge in [0.1, 0.15) is 5.75 Å². The van der Waals surface area contributed by atoms with Crippen molar-refractivity contribution in [2.75, 3.05) is 13.7 Å². The molecule has 0 fully saturated rings. The van der Waals surface area contributed by atoms with E-state index >= 15 is 0 Å². The van der Waals surface area contributed by atoms with Crippen LogP contribution in [0.2, 0.25) is 5.02 Å². The van der Waals surface area contributed by atoms with Crippen molar-refractivity contribution in [2.45, 2.75) is 6.92 Å². The molecule has 0 spiro atoms. The maximum absolute atomic E-state index is 11.7. The fourth-order valence-corrected chi connectivity index (χ4v) is 1.67. The van der Waals surface area contributed by atoms with E-state index < -0.39 is 0 Å².